The summed E-state index contributed by atoms with van der Waals surface area (Å²) in [6.45, 7) is 1.04. The summed E-state index contributed by atoms with van der Waals surface area (Å²) in [6, 6.07) is 8.44. The Morgan fingerprint density at radius 3 is 2.27 bits per heavy atom. The van der Waals surface area contributed by atoms with Gasteiger partial charge in [-0.05, 0) is 47.7 Å². The first-order valence-electron chi connectivity index (χ1n) is 11.4. The number of nitrogens with zero attached hydrogens (tertiary/aromatic N) is 2. The molecule has 0 aliphatic rings. The lowest BCUT2D eigenvalue weighted by molar-refractivity contribution is -0.138. The molecule has 0 saturated heterocycles. The lowest BCUT2D eigenvalue weighted by Gasteiger charge is -2.16. The third-order valence-corrected chi connectivity index (χ3v) is 6.65. The minimum atomic E-state index is -5.14. The lowest BCUT2D eigenvalue weighted by Crippen LogP contribution is -2.29. The van der Waals surface area contributed by atoms with Crippen LogP contribution in [0.15, 0.2) is 68.9 Å². The van der Waals surface area contributed by atoms with Gasteiger partial charge in [-0.3, -0.25) is 9.36 Å². The van der Waals surface area contributed by atoms with E-state index in [1.54, 1.807) is 6.92 Å². The van der Waals surface area contributed by atoms with Gasteiger partial charge in [-0.25, -0.2) is 8.78 Å². The van der Waals surface area contributed by atoms with Crippen molar-refractivity contribution in [3.8, 4) is 28.7 Å². The van der Waals surface area contributed by atoms with Gasteiger partial charge in [0.15, 0.2) is 5.76 Å². The number of thioether (sulfide) groups is 1. The van der Waals surface area contributed by atoms with E-state index in [0.717, 1.165) is 48.4 Å². The Morgan fingerprint density at radius 1 is 0.950 bits per heavy atom. The molecular weight excluding hydrogens is 568 g/mol. The molecule has 4 rings (SSSR count). The SMILES string of the molecule is CCSc1cc(-c2coc(-c3cc(C(F)(F)F)c(C#N)c(=O)n3Cc3ccc(F)cc3F)c2)cc(C(F)(F)F)c1. The quantitative estimate of drug-likeness (QED) is 0.170. The third kappa shape index (κ3) is 5.91. The zero-order chi connectivity index (χ0) is 29.4. The summed E-state index contributed by atoms with van der Waals surface area (Å²) >= 11 is 1.14. The number of furan rings is 1. The number of halogens is 8. The number of nitriles is 1. The fourth-order valence-corrected chi connectivity index (χ4v) is 4.71. The normalized spacial score (nSPS) is 12.0. The summed E-state index contributed by atoms with van der Waals surface area (Å²) in [5.41, 5.74) is -5.91. The van der Waals surface area contributed by atoms with Gasteiger partial charge in [0.25, 0.3) is 5.56 Å². The van der Waals surface area contributed by atoms with E-state index in [-0.39, 0.29) is 27.3 Å². The summed E-state index contributed by atoms with van der Waals surface area (Å²) in [7, 11) is 0. The van der Waals surface area contributed by atoms with Crippen LogP contribution in [0.3, 0.4) is 0 Å². The van der Waals surface area contributed by atoms with Crippen LogP contribution in [0, 0.1) is 23.0 Å². The largest absolute Gasteiger partial charge is 0.462 e. The molecule has 40 heavy (non-hydrogen) atoms. The first-order valence-corrected chi connectivity index (χ1v) is 12.3. The van der Waals surface area contributed by atoms with Crippen molar-refractivity contribution in [2.24, 2.45) is 0 Å². The highest BCUT2D eigenvalue weighted by Crippen LogP contribution is 2.39. The Balaban J connectivity index is 1.93. The maximum absolute atomic E-state index is 14.4. The highest BCUT2D eigenvalue weighted by molar-refractivity contribution is 7.99. The molecule has 208 valence electrons. The molecule has 0 saturated carbocycles. The molecule has 2 aromatic carbocycles. The van der Waals surface area contributed by atoms with E-state index in [1.165, 1.54) is 12.1 Å². The fourth-order valence-electron chi connectivity index (χ4n) is 3.96. The van der Waals surface area contributed by atoms with Crippen molar-refractivity contribution in [1.29, 1.82) is 5.26 Å². The maximum Gasteiger partial charge on any atom is 0.417 e. The summed E-state index contributed by atoms with van der Waals surface area (Å²) in [5, 5.41) is 9.32. The molecule has 0 spiro atoms. The van der Waals surface area contributed by atoms with Crippen LogP contribution in [0.25, 0.3) is 22.6 Å². The van der Waals surface area contributed by atoms with E-state index in [2.05, 4.69) is 0 Å². The van der Waals surface area contributed by atoms with Crippen LogP contribution in [0.5, 0.6) is 0 Å². The molecule has 0 atom stereocenters. The van der Waals surface area contributed by atoms with Crippen LogP contribution in [0.1, 0.15) is 29.2 Å². The van der Waals surface area contributed by atoms with Gasteiger partial charge in [0.1, 0.15) is 23.3 Å². The first-order chi connectivity index (χ1) is 18.7. The minimum absolute atomic E-state index is 0.0453. The van der Waals surface area contributed by atoms with Crippen molar-refractivity contribution < 1.29 is 39.5 Å². The molecule has 4 aromatic rings. The number of aromatic nitrogens is 1. The second-order valence-electron chi connectivity index (χ2n) is 8.43. The number of alkyl halides is 6. The number of rotatable bonds is 6. The average Bonchev–Trinajstić information content (AvgIpc) is 3.35. The fraction of sp³-hybridized carbons (Fsp3) is 0.185. The number of hydrogen-bond donors (Lipinski definition) is 0. The predicted octanol–water partition coefficient (Wildman–Crippen LogP) is 8.12. The van der Waals surface area contributed by atoms with Crippen LogP contribution in [0.2, 0.25) is 0 Å². The van der Waals surface area contributed by atoms with E-state index in [4.69, 9.17) is 4.42 Å². The Hall–Kier alpha value is -4.05. The Kier molecular flexibility index (Phi) is 7.85. The highest BCUT2D eigenvalue weighted by Gasteiger charge is 2.37. The summed E-state index contributed by atoms with van der Waals surface area (Å²) in [6.07, 6.45) is -8.81. The molecular formula is C27H16F8N2O2S. The van der Waals surface area contributed by atoms with E-state index in [9.17, 15) is 45.2 Å². The number of pyridine rings is 1. The van der Waals surface area contributed by atoms with E-state index in [0.29, 0.717) is 22.5 Å². The third-order valence-electron chi connectivity index (χ3n) is 5.79. The molecule has 4 nitrogen and oxygen atoms in total. The van der Waals surface area contributed by atoms with Crippen LogP contribution >= 0.6 is 11.8 Å². The lowest BCUT2D eigenvalue weighted by atomic mass is 10.0. The van der Waals surface area contributed by atoms with Gasteiger partial charge in [0, 0.05) is 22.1 Å². The average molecular weight is 584 g/mol. The zero-order valence-corrected chi connectivity index (χ0v) is 21.1. The van der Waals surface area contributed by atoms with Crippen molar-refractivity contribution >= 4 is 11.8 Å². The molecule has 2 aromatic heterocycles. The Bertz CT molecular complexity index is 1680. The van der Waals surface area contributed by atoms with Gasteiger partial charge in [-0.1, -0.05) is 13.0 Å². The van der Waals surface area contributed by atoms with E-state index in [1.807, 2.05) is 0 Å². The molecule has 2 heterocycles. The predicted molar refractivity (Wildman–Crippen MR) is 130 cm³/mol. The van der Waals surface area contributed by atoms with Crippen molar-refractivity contribution in [3.05, 3.63) is 99.0 Å². The van der Waals surface area contributed by atoms with Gasteiger partial charge in [-0.15, -0.1) is 11.8 Å². The van der Waals surface area contributed by atoms with E-state index >= 15 is 0 Å². The van der Waals surface area contributed by atoms with Crippen molar-refractivity contribution in [2.75, 3.05) is 5.75 Å². The summed E-state index contributed by atoms with van der Waals surface area (Å²) in [4.78, 5) is 13.4. The molecule has 13 heteroatoms. The monoisotopic (exact) mass is 584 g/mol. The molecule has 0 bridgehead atoms. The smallest absolute Gasteiger partial charge is 0.417 e. The maximum atomic E-state index is 14.4. The van der Waals surface area contributed by atoms with Gasteiger partial charge in [0.05, 0.1) is 29.6 Å². The Morgan fingerprint density at radius 2 is 1.68 bits per heavy atom. The van der Waals surface area contributed by atoms with Crippen LogP contribution in [-0.4, -0.2) is 10.3 Å². The highest BCUT2D eigenvalue weighted by atomic mass is 32.2. The van der Waals surface area contributed by atoms with Crippen molar-refractivity contribution in [3.63, 3.8) is 0 Å². The second kappa shape index (κ2) is 10.8. The number of benzene rings is 2. The standard InChI is InChI=1S/C27H16F8N2O2S/c1-2-40-19-6-15(5-17(8-19)26(30,31)32)16-7-24(39-13-16)23-10-21(27(33,34)35)20(11-36)25(38)37(23)12-14-3-4-18(28)9-22(14)29/h3-10,13H,2,12H2,1H3. The van der Waals surface area contributed by atoms with Crippen LogP contribution in [0.4, 0.5) is 35.1 Å². The molecule has 0 fully saturated rings. The van der Waals surface area contributed by atoms with Gasteiger partial charge in [-0.2, -0.15) is 31.6 Å². The molecule has 0 aliphatic carbocycles. The minimum Gasteiger partial charge on any atom is -0.462 e. The number of hydrogen-bond acceptors (Lipinski definition) is 4. The topological polar surface area (TPSA) is 58.9 Å². The summed E-state index contributed by atoms with van der Waals surface area (Å²) in [5.74, 6) is -1.93. The molecule has 0 N–H and O–H groups in total. The second-order valence-corrected chi connectivity index (χ2v) is 9.77. The van der Waals surface area contributed by atoms with E-state index < -0.39 is 58.5 Å². The molecule has 0 radical (unpaired) electrons. The Labute approximate surface area is 225 Å². The molecule has 0 aliphatic heterocycles. The zero-order valence-electron chi connectivity index (χ0n) is 20.3. The van der Waals surface area contributed by atoms with Crippen LogP contribution in [-0.2, 0) is 18.9 Å². The molecule has 0 unspecified atom stereocenters. The molecule has 0 amide bonds. The van der Waals surface area contributed by atoms with Crippen LogP contribution < -0.4 is 5.56 Å². The summed E-state index contributed by atoms with van der Waals surface area (Å²) < 4.78 is 116. The van der Waals surface area contributed by atoms with Gasteiger partial charge < -0.3 is 4.42 Å². The van der Waals surface area contributed by atoms with Gasteiger partial charge in [0.2, 0.25) is 0 Å². The first kappa shape index (κ1) is 28.9. The van der Waals surface area contributed by atoms with Gasteiger partial charge >= 0.3 is 12.4 Å². The van der Waals surface area contributed by atoms with Crippen molar-refractivity contribution in [2.45, 2.75) is 30.7 Å². The van der Waals surface area contributed by atoms with Crippen molar-refractivity contribution in [1.82, 2.24) is 4.57 Å².